The van der Waals surface area contributed by atoms with Crippen molar-refractivity contribution < 1.29 is 47.8 Å². The Kier molecular flexibility index (Phi) is 33.9. The molecule has 2 aromatic carbocycles. The molecule has 3 aliphatic rings. The van der Waals surface area contributed by atoms with Crippen LogP contribution in [0.1, 0.15) is 137 Å². The van der Waals surface area contributed by atoms with E-state index in [1.807, 2.05) is 73.6 Å². The van der Waals surface area contributed by atoms with E-state index in [4.69, 9.17) is 9.47 Å². The molecule has 3 N–H and O–H groups in total. The number of methoxy groups -OCH3 is 2. The summed E-state index contributed by atoms with van der Waals surface area (Å²) in [6.45, 7) is 16.8. The molecule has 1 aliphatic carbocycles. The number of aldehydes is 1. The van der Waals surface area contributed by atoms with Gasteiger partial charge in [-0.15, -0.1) is 0 Å². The summed E-state index contributed by atoms with van der Waals surface area (Å²) < 4.78 is 11.0. The molecule has 8 unspecified atom stereocenters. The summed E-state index contributed by atoms with van der Waals surface area (Å²) in [6, 6.07) is 16.9. The van der Waals surface area contributed by atoms with E-state index in [0.29, 0.717) is 80.6 Å². The summed E-state index contributed by atoms with van der Waals surface area (Å²) in [5, 5.41) is 8.41. The third-order valence-corrected chi connectivity index (χ3v) is 15.6. The minimum atomic E-state index is -0.681. The van der Waals surface area contributed by atoms with E-state index in [0.717, 1.165) is 75.4 Å². The molecule has 80 heavy (non-hydrogen) atoms. The monoisotopic (exact) mass is 1120 g/mol. The summed E-state index contributed by atoms with van der Waals surface area (Å²) >= 11 is 0. The highest BCUT2D eigenvalue weighted by Crippen LogP contribution is 2.41. The van der Waals surface area contributed by atoms with Crippen molar-refractivity contribution in [2.24, 2.45) is 17.8 Å². The second kappa shape index (κ2) is 38.6. The number of anilines is 1. The largest absolute Gasteiger partial charge is 0.379 e. The van der Waals surface area contributed by atoms with Gasteiger partial charge in [-0.3, -0.25) is 43.3 Å². The fourth-order valence-corrected chi connectivity index (χ4v) is 10.9. The molecule has 0 spiro atoms. The standard InChI is InChI=1S/C29H36N4O5.C20H37N3O3.C10H19NO2.C3H8/c1-32(28(37)13-9-19-34)18-8-4-7-12-27(36)30-21-24-14-16-25(17-15-24)33(2)29(38)26(31-22-35)20-23-10-5-3-6-11-23;1-7-13(3)18(16(8-2)26-6)23(5)17(24)12-21-20(25)19-14-9-10-15(11-14)22(19)4;1-8(2)10(13-3)9-5-4-6-11(9)7-12;1-3-2/h3,5-6,9-11,13-17,19,22,26H,4,7-8,12,18,20-21H2,1-2H3,(H,30,36)(H,31,35);13-16,18-19H,7-12H2,1-6H3,(H,21,25);7-10H,4-6H2,1-3H3;3H2,1-2H3/b13-9-;;;/t26-;;;/m0.../s1. The number of ether oxygens (including phenoxy) is 2. The lowest BCUT2D eigenvalue weighted by molar-refractivity contribution is -0.138. The predicted octanol–water partition coefficient (Wildman–Crippen LogP) is 6.97. The summed E-state index contributed by atoms with van der Waals surface area (Å²) in [7, 11) is 10.6. The highest BCUT2D eigenvalue weighted by Gasteiger charge is 2.47. The van der Waals surface area contributed by atoms with Crippen LogP contribution < -0.4 is 20.9 Å². The molecule has 7 amide bonds. The van der Waals surface area contributed by atoms with Gasteiger partial charge in [0.25, 0.3) is 0 Å². The average molecular weight is 1120 g/mol. The third-order valence-electron chi connectivity index (χ3n) is 15.6. The highest BCUT2D eigenvalue weighted by molar-refractivity contribution is 5.98. The number of carbonyl (C=O) groups is 8. The number of carbonyl (C=O) groups excluding carboxylic acids is 8. The molecule has 0 radical (unpaired) electrons. The Morgan fingerprint density at radius 3 is 2.04 bits per heavy atom. The molecule has 448 valence electrons. The number of amides is 7. The topological polar surface area (TPSA) is 207 Å². The van der Waals surface area contributed by atoms with Crippen molar-refractivity contribution in [1.82, 2.24) is 35.6 Å². The van der Waals surface area contributed by atoms with Crippen LogP contribution in [0.5, 0.6) is 0 Å². The molecule has 18 nitrogen and oxygen atoms in total. The summed E-state index contributed by atoms with van der Waals surface area (Å²) in [5.74, 6) is 0.699. The van der Waals surface area contributed by atoms with Crippen LogP contribution >= 0.6 is 0 Å². The summed E-state index contributed by atoms with van der Waals surface area (Å²) in [4.78, 5) is 103. The number of hydrogen-bond acceptors (Lipinski definition) is 11. The number of likely N-dealkylation sites (tertiary alicyclic amines) is 2. The van der Waals surface area contributed by atoms with Gasteiger partial charge in [-0.25, -0.2) is 0 Å². The van der Waals surface area contributed by atoms with Gasteiger partial charge in [0.05, 0.1) is 36.9 Å². The Morgan fingerprint density at radius 2 is 1.49 bits per heavy atom. The zero-order valence-electron chi connectivity index (χ0n) is 50.7. The fourth-order valence-electron chi connectivity index (χ4n) is 10.9. The Balaban J connectivity index is 0.000000445. The van der Waals surface area contributed by atoms with E-state index >= 15 is 0 Å². The maximum absolute atomic E-state index is 13.0. The second-order valence-electron chi connectivity index (χ2n) is 21.8. The van der Waals surface area contributed by atoms with Crippen molar-refractivity contribution in [1.29, 1.82) is 0 Å². The molecular weight excluding hydrogens is 1020 g/mol. The third kappa shape index (κ3) is 22.9. The number of fused-ring (bicyclic) bond motifs is 2. The molecule has 18 heteroatoms. The smallest absolute Gasteiger partial charge is 0.249 e. The quantitative estimate of drug-likeness (QED) is 0.0431. The van der Waals surface area contributed by atoms with Crippen LogP contribution in [0.2, 0.25) is 0 Å². The Labute approximate surface area is 479 Å². The maximum Gasteiger partial charge on any atom is 0.249 e. The number of likely N-dealkylation sites (N-methyl/N-ethyl adjacent to an activating group) is 4. The first-order valence-electron chi connectivity index (χ1n) is 29.1. The van der Waals surface area contributed by atoms with Crippen LogP contribution in [0.3, 0.4) is 0 Å². The van der Waals surface area contributed by atoms with Crippen molar-refractivity contribution in [2.45, 2.75) is 181 Å². The number of piperidine rings is 1. The number of allylic oxidation sites excluding steroid dienone is 1. The van der Waals surface area contributed by atoms with Gasteiger partial charge in [0, 0.05) is 85.6 Å². The van der Waals surface area contributed by atoms with E-state index in [9.17, 15) is 38.4 Å². The summed E-state index contributed by atoms with van der Waals surface area (Å²) in [6.07, 6.45) is 16.4. The predicted molar refractivity (Wildman–Crippen MR) is 316 cm³/mol. The van der Waals surface area contributed by atoms with E-state index in [1.54, 1.807) is 33.2 Å². The molecule has 5 rings (SSSR count). The highest BCUT2D eigenvalue weighted by atomic mass is 16.5. The molecule has 2 bridgehead atoms. The number of hydrogen-bond donors (Lipinski definition) is 3. The lowest BCUT2D eigenvalue weighted by Crippen LogP contribution is -2.54. The average Bonchev–Trinajstić information content (AvgIpc) is 4.22. The van der Waals surface area contributed by atoms with Gasteiger partial charge < -0.3 is 45.0 Å². The van der Waals surface area contributed by atoms with Crippen molar-refractivity contribution in [3.8, 4) is 0 Å². The first-order valence-corrected chi connectivity index (χ1v) is 29.1. The maximum atomic E-state index is 13.0. The number of rotatable bonds is 29. The number of unbranched alkanes of at least 4 members (excludes halogenated alkanes) is 2. The number of nitrogens with one attached hydrogen (secondary N) is 3. The van der Waals surface area contributed by atoms with Gasteiger partial charge in [-0.1, -0.05) is 110 Å². The lowest BCUT2D eigenvalue weighted by atomic mass is 9.91. The zero-order chi connectivity index (χ0) is 59.7. The molecule has 3 fully saturated rings. The first kappa shape index (κ1) is 70.1. The Bertz CT molecular complexity index is 2170. The van der Waals surface area contributed by atoms with Gasteiger partial charge in [0.2, 0.25) is 42.4 Å². The molecular formula is C62H100N8O10. The second-order valence-corrected chi connectivity index (χ2v) is 21.8. The Hall–Kier alpha value is -5.98. The molecule has 2 saturated heterocycles. The molecule has 9 atom stereocenters. The van der Waals surface area contributed by atoms with E-state index in [-0.39, 0.29) is 60.4 Å². The van der Waals surface area contributed by atoms with Crippen LogP contribution in [0.15, 0.2) is 66.7 Å². The summed E-state index contributed by atoms with van der Waals surface area (Å²) in [5.41, 5.74) is 2.53. The van der Waals surface area contributed by atoms with E-state index < -0.39 is 6.04 Å². The van der Waals surface area contributed by atoms with Crippen LogP contribution in [0.4, 0.5) is 5.69 Å². The Morgan fingerprint density at radius 1 is 0.812 bits per heavy atom. The van der Waals surface area contributed by atoms with Gasteiger partial charge in [-0.2, -0.15) is 0 Å². The molecule has 2 heterocycles. The molecule has 0 aromatic heterocycles. The van der Waals surface area contributed by atoms with E-state index in [1.165, 1.54) is 34.8 Å². The van der Waals surface area contributed by atoms with Crippen molar-refractivity contribution in [3.05, 3.63) is 77.9 Å². The first-order chi connectivity index (χ1) is 38.3. The van der Waals surface area contributed by atoms with Crippen LogP contribution in [0, 0.1) is 17.8 Å². The normalized spacial score (nSPS) is 19.1. The van der Waals surface area contributed by atoms with Crippen LogP contribution in [0.25, 0.3) is 0 Å². The van der Waals surface area contributed by atoms with Crippen molar-refractivity contribution >= 4 is 54.3 Å². The minimum absolute atomic E-state index is 0.000299. The SMILES string of the molecule is CCC.CCC(C)C(C(CC)OC)N(C)C(=O)CNC(=O)C1C2CCC(C2)N1C.CN(CCCCCC(=O)NCc1ccc(N(C)C(=O)[C@H](Cc2ccccc2)NC=O)cc1)C(=O)/C=C\C=O.COC(C(C)C)C1CCCN1C=O. The van der Waals surface area contributed by atoms with Gasteiger partial charge in [0.15, 0.2) is 0 Å². The van der Waals surface area contributed by atoms with Gasteiger partial charge in [0.1, 0.15) is 12.3 Å². The number of nitrogens with zero attached hydrogens (tertiary/aromatic N) is 5. The van der Waals surface area contributed by atoms with Gasteiger partial charge >= 0.3 is 0 Å². The van der Waals surface area contributed by atoms with E-state index in [2.05, 4.69) is 69.3 Å². The molecule has 1 saturated carbocycles. The molecule has 2 aromatic rings. The lowest BCUT2D eigenvalue weighted by Gasteiger charge is -2.37. The van der Waals surface area contributed by atoms with Crippen LogP contribution in [-0.2, 0) is 60.8 Å². The number of benzene rings is 2. The van der Waals surface area contributed by atoms with Crippen molar-refractivity contribution in [3.63, 3.8) is 0 Å². The zero-order valence-corrected chi connectivity index (χ0v) is 50.7. The van der Waals surface area contributed by atoms with Gasteiger partial charge in [-0.05, 0) is 106 Å². The molecule has 2 aliphatic heterocycles. The van der Waals surface area contributed by atoms with Crippen LogP contribution in [-0.4, -0.2) is 173 Å². The minimum Gasteiger partial charge on any atom is -0.379 e. The van der Waals surface area contributed by atoms with Crippen molar-refractivity contribution in [2.75, 3.05) is 66.9 Å². The fraction of sp³-hybridized carbons (Fsp3) is 0.645.